The van der Waals surface area contributed by atoms with Crippen molar-refractivity contribution >= 4 is 0 Å². The van der Waals surface area contributed by atoms with Gasteiger partial charge in [0.25, 0.3) is 0 Å². The van der Waals surface area contributed by atoms with Crippen LogP contribution in [0.1, 0.15) is 186 Å². The average molecular weight is 573 g/mol. The molecular weight excluding hydrogens is 500 g/mol. The summed E-state index contributed by atoms with van der Waals surface area (Å²) in [7, 11) is 0. The predicted octanol–water partition coefficient (Wildman–Crippen LogP) is 8.62. The fourth-order valence-corrected chi connectivity index (χ4v) is 5.97. The molecule has 0 aliphatic heterocycles. The van der Waals surface area contributed by atoms with E-state index in [0.29, 0.717) is 0 Å². The zero-order chi connectivity index (χ0) is 29.4. The van der Waals surface area contributed by atoms with Gasteiger partial charge in [0.15, 0.2) is 0 Å². The second-order valence-corrected chi connectivity index (χ2v) is 12.9. The monoisotopic (exact) mass is 573 g/mol. The van der Waals surface area contributed by atoms with Crippen LogP contribution in [0, 0.1) is 5.41 Å². The first-order valence-corrected chi connectivity index (χ1v) is 17.8. The minimum atomic E-state index is -0.954. The van der Waals surface area contributed by atoms with Gasteiger partial charge in [0.2, 0.25) is 0 Å². The summed E-state index contributed by atoms with van der Waals surface area (Å²) in [6.07, 6.45) is 39.9. The fourth-order valence-electron chi connectivity index (χ4n) is 5.97. The van der Waals surface area contributed by atoms with E-state index in [4.69, 9.17) is 15.3 Å². The molecule has 3 fully saturated rings. The molecule has 3 rings (SSSR count). The number of aliphatic hydroxyl groups excluding tert-OH is 5. The predicted molar refractivity (Wildman–Crippen MR) is 171 cm³/mol. The quantitative estimate of drug-likeness (QED) is 0.232. The van der Waals surface area contributed by atoms with E-state index < -0.39 is 6.10 Å². The highest BCUT2D eigenvalue weighted by Crippen LogP contribution is 2.32. The van der Waals surface area contributed by atoms with Crippen molar-refractivity contribution in [2.45, 2.75) is 192 Å². The lowest BCUT2D eigenvalue weighted by Crippen LogP contribution is -2.30. The molecule has 5 heteroatoms. The minimum absolute atomic E-state index is 0.156. The molecule has 0 saturated heterocycles. The van der Waals surface area contributed by atoms with Crippen molar-refractivity contribution in [3.63, 3.8) is 0 Å². The Morgan fingerprint density at radius 1 is 0.325 bits per heavy atom. The van der Waals surface area contributed by atoms with Gasteiger partial charge < -0.3 is 25.5 Å². The standard InChI is InChI=1S/C12H24O2.2C10H20.C3H8O3/c13-10-12(11-14)8-6-4-2-1-3-5-7-9-12;2*1-2-4-6-8-10-9-7-5-3-1;4-1-3(6)2-5/h13-14H,1-11H2;2*1-10H2;3-6H,1-2H2. The second kappa shape index (κ2) is 31.7. The number of aliphatic hydroxyl groups is 5. The Bertz CT molecular complexity index is 366. The molecule has 242 valence electrons. The van der Waals surface area contributed by atoms with E-state index in [-0.39, 0.29) is 31.8 Å². The highest BCUT2D eigenvalue weighted by atomic mass is 16.3. The molecule has 0 aromatic rings. The molecule has 3 aliphatic carbocycles. The lowest BCUT2D eigenvalue weighted by Gasteiger charge is -2.30. The molecule has 0 radical (unpaired) electrons. The molecule has 0 heterocycles. The third-order valence-corrected chi connectivity index (χ3v) is 9.01. The normalized spacial score (nSPS) is 22.1. The fraction of sp³-hybridized carbons (Fsp3) is 1.00. The van der Waals surface area contributed by atoms with E-state index in [9.17, 15) is 10.2 Å². The Labute approximate surface area is 249 Å². The summed E-state index contributed by atoms with van der Waals surface area (Å²) in [5.74, 6) is 0. The molecule has 5 N–H and O–H groups in total. The van der Waals surface area contributed by atoms with Gasteiger partial charge in [-0.25, -0.2) is 0 Å². The third-order valence-electron chi connectivity index (χ3n) is 9.01. The average Bonchev–Trinajstić information content (AvgIpc) is 3.02. The van der Waals surface area contributed by atoms with Crippen molar-refractivity contribution < 1.29 is 25.5 Å². The van der Waals surface area contributed by atoms with Crippen molar-refractivity contribution in [3.05, 3.63) is 0 Å². The van der Waals surface area contributed by atoms with E-state index >= 15 is 0 Å². The third kappa shape index (κ3) is 26.7. The Morgan fingerprint density at radius 3 is 0.625 bits per heavy atom. The smallest absolute Gasteiger partial charge is 0.100 e. The van der Waals surface area contributed by atoms with E-state index in [1.54, 1.807) is 0 Å². The summed E-state index contributed by atoms with van der Waals surface area (Å²) >= 11 is 0. The van der Waals surface area contributed by atoms with Gasteiger partial charge in [-0.05, 0) is 12.8 Å². The molecule has 0 amide bonds. The second-order valence-electron chi connectivity index (χ2n) is 12.9. The maximum absolute atomic E-state index is 9.36. The van der Waals surface area contributed by atoms with E-state index in [0.717, 1.165) is 12.8 Å². The summed E-state index contributed by atoms with van der Waals surface area (Å²) in [4.78, 5) is 0. The van der Waals surface area contributed by atoms with Crippen molar-refractivity contribution in [3.8, 4) is 0 Å². The first kappa shape index (κ1) is 39.8. The molecule has 5 nitrogen and oxygen atoms in total. The summed E-state index contributed by atoms with van der Waals surface area (Å²) in [5, 5.41) is 42.7. The highest BCUT2D eigenvalue weighted by molar-refractivity contribution is 4.78. The summed E-state index contributed by atoms with van der Waals surface area (Å²) in [6, 6.07) is 0. The maximum Gasteiger partial charge on any atom is 0.100 e. The first-order chi connectivity index (χ1) is 19.6. The minimum Gasteiger partial charge on any atom is -0.396 e. The van der Waals surface area contributed by atoms with Crippen LogP contribution < -0.4 is 0 Å². The van der Waals surface area contributed by atoms with Crippen LogP contribution in [-0.4, -0.2) is 58.1 Å². The molecule has 0 aromatic heterocycles. The Kier molecular flexibility index (Phi) is 31.6. The first-order valence-electron chi connectivity index (χ1n) is 17.8. The molecule has 0 spiro atoms. The molecule has 40 heavy (non-hydrogen) atoms. The Balaban J connectivity index is 0.000000527. The van der Waals surface area contributed by atoms with Crippen LogP contribution in [0.4, 0.5) is 0 Å². The van der Waals surface area contributed by atoms with Gasteiger partial charge >= 0.3 is 0 Å². The van der Waals surface area contributed by atoms with Gasteiger partial charge in [-0.15, -0.1) is 0 Å². The van der Waals surface area contributed by atoms with Crippen LogP contribution in [0.2, 0.25) is 0 Å². The van der Waals surface area contributed by atoms with Crippen LogP contribution in [-0.2, 0) is 0 Å². The van der Waals surface area contributed by atoms with Crippen LogP contribution in [0.25, 0.3) is 0 Å². The molecule has 0 bridgehead atoms. The number of hydrogen-bond donors (Lipinski definition) is 5. The summed E-state index contributed by atoms with van der Waals surface area (Å²) < 4.78 is 0. The molecule has 3 aliphatic rings. The van der Waals surface area contributed by atoms with Gasteiger partial charge in [-0.3, -0.25) is 0 Å². The van der Waals surface area contributed by atoms with Crippen molar-refractivity contribution in [1.29, 1.82) is 0 Å². The SMILES string of the molecule is C1CCCCCCCCC1.C1CCCCCCCCC1.OCC(O)CO.OCC1(CO)CCCCCCCCC1. The zero-order valence-electron chi connectivity index (χ0n) is 26.6. The van der Waals surface area contributed by atoms with Gasteiger partial charge in [0.05, 0.1) is 26.4 Å². The largest absolute Gasteiger partial charge is 0.396 e. The molecule has 3 saturated carbocycles. The van der Waals surface area contributed by atoms with Crippen molar-refractivity contribution in [1.82, 2.24) is 0 Å². The molecule has 0 aromatic carbocycles. The maximum atomic E-state index is 9.36. The molecule has 0 atom stereocenters. The summed E-state index contributed by atoms with van der Waals surface area (Å²) in [5.41, 5.74) is -0.169. The van der Waals surface area contributed by atoms with Crippen LogP contribution >= 0.6 is 0 Å². The van der Waals surface area contributed by atoms with E-state index in [2.05, 4.69) is 0 Å². The van der Waals surface area contributed by atoms with Crippen molar-refractivity contribution in [2.75, 3.05) is 26.4 Å². The van der Waals surface area contributed by atoms with Crippen LogP contribution in [0.15, 0.2) is 0 Å². The highest BCUT2D eigenvalue weighted by Gasteiger charge is 2.27. The Morgan fingerprint density at radius 2 is 0.500 bits per heavy atom. The lowest BCUT2D eigenvalue weighted by atomic mass is 9.78. The van der Waals surface area contributed by atoms with Crippen molar-refractivity contribution in [2.24, 2.45) is 5.41 Å². The van der Waals surface area contributed by atoms with Gasteiger partial charge in [-0.2, -0.15) is 0 Å². The van der Waals surface area contributed by atoms with Gasteiger partial charge in [0, 0.05) is 5.41 Å². The zero-order valence-corrected chi connectivity index (χ0v) is 26.6. The van der Waals surface area contributed by atoms with Gasteiger partial charge in [0.1, 0.15) is 6.10 Å². The van der Waals surface area contributed by atoms with Gasteiger partial charge in [-0.1, -0.05) is 173 Å². The number of hydrogen-bond acceptors (Lipinski definition) is 5. The molecule has 0 unspecified atom stereocenters. The topological polar surface area (TPSA) is 101 Å². The lowest BCUT2D eigenvalue weighted by molar-refractivity contribution is 0.0345. The van der Waals surface area contributed by atoms with Crippen LogP contribution in [0.5, 0.6) is 0 Å². The van der Waals surface area contributed by atoms with Crippen LogP contribution in [0.3, 0.4) is 0 Å². The van der Waals surface area contributed by atoms with E-state index in [1.807, 2.05) is 0 Å². The Hall–Kier alpha value is -0.200. The number of rotatable bonds is 4. The van der Waals surface area contributed by atoms with E-state index in [1.165, 1.54) is 173 Å². The summed E-state index contributed by atoms with van der Waals surface area (Å²) in [6.45, 7) is -0.417. The molecular formula is C35H72O5.